The van der Waals surface area contributed by atoms with Crippen molar-refractivity contribution in [1.82, 2.24) is 5.32 Å². The predicted molar refractivity (Wildman–Crippen MR) is 82.8 cm³/mol. The van der Waals surface area contributed by atoms with Crippen LogP contribution in [0.1, 0.15) is 38.8 Å². The highest BCUT2D eigenvalue weighted by molar-refractivity contribution is 9.10. The average Bonchev–Trinajstić information content (AvgIpc) is 2.42. The third-order valence-corrected chi connectivity index (χ3v) is 3.51. The summed E-state index contributed by atoms with van der Waals surface area (Å²) in [5.74, 6) is 0.920. The largest absolute Gasteiger partial charge is 0.491 e. The van der Waals surface area contributed by atoms with Gasteiger partial charge in [0, 0.05) is 23.2 Å². The van der Waals surface area contributed by atoms with Gasteiger partial charge in [0.05, 0.1) is 6.10 Å². The zero-order valence-corrected chi connectivity index (χ0v) is 13.8. The second-order valence-electron chi connectivity index (χ2n) is 4.72. The van der Waals surface area contributed by atoms with E-state index >= 15 is 0 Å². The predicted octanol–water partition coefficient (Wildman–Crippen LogP) is 3.92. The second kappa shape index (κ2) is 8.56. The van der Waals surface area contributed by atoms with Gasteiger partial charge in [0.1, 0.15) is 12.4 Å². The van der Waals surface area contributed by atoms with Crippen LogP contribution in [0.4, 0.5) is 0 Å². The number of methoxy groups -OCH3 is 1. The van der Waals surface area contributed by atoms with Gasteiger partial charge in [0.2, 0.25) is 0 Å². The summed E-state index contributed by atoms with van der Waals surface area (Å²) in [6.07, 6.45) is 1.21. The van der Waals surface area contributed by atoms with Gasteiger partial charge in [0.15, 0.2) is 0 Å². The number of halogens is 1. The summed E-state index contributed by atoms with van der Waals surface area (Å²) in [6.45, 7) is 7.88. The summed E-state index contributed by atoms with van der Waals surface area (Å²) < 4.78 is 12.1. The first-order valence-corrected chi connectivity index (χ1v) is 7.56. The van der Waals surface area contributed by atoms with E-state index in [0.29, 0.717) is 6.61 Å². The molecule has 0 bridgehead atoms. The molecule has 0 saturated heterocycles. The molecule has 1 aromatic rings. The molecule has 1 N–H and O–H groups in total. The summed E-state index contributed by atoms with van der Waals surface area (Å²) in [5.41, 5.74) is 1.17. The van der Waals surface area contributed by atoms with Gasteiger partial charge >= 0.3 is 0 Å². The SMILES string of the molecule is CCCNC(C)c1cc(Br)ccc1OCC(C)OC. The fraction of sp³-hybridized carbons (Fsp3) is 0.600. The van der Waals surface area contributed by atoms with Crippen LogP contribution in [0.5, 0.6) is 5.75 Å². The van der Waals surface area contributed by atoms with E-state index in [0.717, 1.165) is 23.2 Å². The summed E-state index contributed by atoms with van der Waals surface area (Å²) in [4.78, 5) is 0. The number of rotatable bonds is 8. The summed E-state index contributed by atoms with van der Waals surface area (Å²) in [6, 6.07) is 6.39. The van der Waals surface area contributed by atoms with Crippen LogP contribution in [-0.2, 0) is 4.74 Å². The molecular weight excluding hydrogens is 306 g/mol. The lowest BCUT2D eigenvalue weighted by molar-refractivity contribution is 0.0711. The van der Waals surface area contributed by atoms with Crippen LogP contribution in [0.15, 0.2) is 22.7 Å². The number of benzene rings is 1. The lowest BCUT2D eigenvalue weighted by atomic mass is 10.1. The highest BCUT2D eigenvalue weighted by Gasteiger charge is 2.12. The number of hydrogen-bond acceptors (Lipinski definition) is 3. The zero-order valence-electron chi connectivity index (χ0n) is 12.2. The smallest absolute Gasteiger partial charge is 0.124 e. The van der Waals surface area contributed by atoms with E-state index in [4.69, 9.17) is 9.47 Å². The minimum atomic E-state index is 0.0930. The van der Waals surface area contributed by atoms with Gasteiger partial charge in [0.25, 0.3) is 0 Å². The van der Waals surface area contributed by atoms with Crippen molar-refractivity contribution in [2.24, 2.45) is 0 Å². The Balaban J connectivity index is 2.78. The molecule has 1 aromatic carbocycles. The molecule has 0 aliphatic heterocycles. The third kappa shape index (κ3) is 5.51. The van der Waals surface area contributed by atoms with E-state index in [-0.39, 0.29) is 12.1 Å². The van der Waals surface area contributed by atoms with E-state index < -0.39 is 0 Å². The van der Waals surface area contributed by atoms with Crippen LogP contribution in [0.2, 0.25) is 0 Å². The topological polar surface area (TPSA) is 30.5 Å². The Labute approximate surface area is 124 Å². The van der Waals surface area contributed by atoms with Crippen molar-refractivity contribution < 1.29 is 9.47 Å². The molecule has 3 nitrogen and oxygen atoms in total. The van der Waals surface area contributed by atoms with E-state index in [2.05, 4.69) is 41.2 Å². The Morgan fingerprint density at radius 3 is 2.68 bits per heavy atom. The van der Waals surface area contributed by atoms with Crippen LogP contribution in [0.3, 0.4) is 0 Å². The van der Waals surface area contributed by atoms with Gasteiger partial charge in [-0.15, -0.1) is 0 Å². The molecule has 0 spiro atoms. The van der Waals surface area contributed by atoms with Gasteiger partial charge in [-0.05, 0) is 45.0 Å². The molecule has 2 atom stereocenters. The maximum atomic E-state index is 5.86. The Kier molecular flexibility index (Phi) is 7.42. The fourth-order valence-electron chi connectivity index (χ4n) is 1.74. The molecule has 108 valence electrons. The van der Waals surface area contributed by atoms with E-state index in [1.165, 1.54) is 5.56 Å². The monoisotopic (exact) mass is 329 g/mol. The highest BCUT2D eigenvalue weighted by Crippen LogP contribution is 2.28. The third-order valence-electron chi connectivity index (χ3n) is 3.01. The first-order valence-electron chi connectivity index (χ1n) is 6.76. The zero-order chi connectivity index (χ0) is 14.3. The molecule has 0 saturated carbocycles. The van der Waals surface area contributed by atoms with Gasteiger partial charge in [-0.25, -0.2) is 0 Å². The molecule has 0 fully saturated rings. The standard InChI is InChI=1S/C15H24BrNO2/c1-5-8-17-12(3)14-9-13(16)6-7-15(14)19-10-11(2)18-4/h6-7,9,11-12,17H,5,8,10H2,1-4H3. The van der Waals surface area contributed by atoms with Crippen molar-refractivity contribution in [2.75, 3.05) is 20.3 Å². The van der Waals surface area contributed by atoms with Crippen LogP contribution >= 0.6 is 15.9 Å². The van der Waals surface area contributed by atoms with Crippen LogP contribution < -0.4 is 10.1 Å². The minimum Gasteiger partial charge on any atom is -0.491 e. The van der Waals surface area contributed by atoms with Crippen molar-refractivity contribution in [1.29, 1.82) is 0 Å². The maximum Gasteiger partial charge on any atom is 0.124 e. The Bertz CT molecular complexity index is 384. The normalized spacial score (nSPS) is 14.2. The van der Waals surface area contributed by atoms with Gasteiger partial charge in [-0.2, -0.15) is 0 Å². The molecule has 0 aliphatic carbocycles. The summed E-state index contributed by atoms with van der Waals surface area (Å²) in [7, 11) is 1.70. The van der Waals surface area contributed by atoms with E-state index in [1.54, 1.807) is 7.11 Å². The maximum absolute atomic E-state index is 5.86. The molecule has 0 heterocycles. The molecule has 0 radical (unpaired) electrons. The van der Waals surface area contributed by atoms with Crippen molar-refractivity contribution in [3.63, 3.8) is 0 Å². The number of ether oxygens (including phenoxy) is 2. The first kappa shape index (κ1) is 16.5. The van der Waals surface area contributed by atoms with Crippen LogP contribution in [0, 0.1) is 0 Å². The molecule has 4 heteroatoms. The molecule has 0 aromatic heterocycles. The van der Waals surface area contributed by atoms with Crippen LogP contribution in [-0.4, -0.2) is 26.4 Å². The molecule has 2 unspecified atom stereocenters. The summed E-state index contributed by atoms with van der Waals surface area (Å²) in [5, 5.41) is 3.49. The lowest BCUT2D eigenvalue weighted by Gasteiger charge is -2.20. The molecule has 0 aliphatic rings. The van der Waals surface area contributed by atoms with Crippen molar-refractivity contribution in [2.45, 2.75) is 39.3 Å². The van der Waals surface area contributed by atoms with Crippen molar-refractivity contribution >= 4 is 15.9 Å². The van der Waals surface area contributed by atoms with Gasteiger partial charge in [-0.3, -0.25) is 0 Å². The van der Waals surface area contributed by atoms with Crippen molar-refractivity contribution in [3.8, 4) is 5.75 Å². The Morgan fingerprint density at radius 2 is 2.05 bits per heavy atom. The number of nitrogens with one attached hydrogen (secondary N) is 1. The molecular formula is C15H24BrNO2. The van der Waals surface area contributed by atoms with Crippen LogP contribution in [0.25, 0.3) is 0 Å². The first-order chi connectivity index (χ1) is 9.08. The quantitative estimate of drug-likeness (QED) is 0.784. The summed E-state index contributed by atoms with van der Waals surface area (Å²) >= 11 is 3.52. The number of hydrogen-bond donors (Lipinski definition) is 1. The molecule has 1 rings (SSSR count). The van der Waals surface area contributed by atoms with E-state index in [1.807, 2.05) is 19.1 Å². The highest BCUT2D eigenvalue weighted by atomic mass is 79.9. The van der Waals surface area contributed by atoms with Crippen molar-refractivity contribution in [3.05, 3.63) is 28.2 Å². The Morgan fingerprint density at radius 1 is 1.32 bits per heavy atom. The van der Waals surface area contributed by atoms with E-state index in [9.17, 15) is 0 Å². The minimum absolute atomic E-state index is 0.0930. The Hall–Kier alpha value is -0.580. The molecule has 19 heavy (non-hydrogen) atoms. The average molecular weight is 330 g/mol. The van der Waals surface area contributed by atoms with Gasteiger partial charge in [-0.1, -0.05) is 22.9 Å². The molecule has 0 amide bonds. The van der Waals surface area contributed by atoms with Gasteiger partial charge < -0.3 is 14.8 Å². The second-order valence-corrected chi connectivity index (χ2v) is 5.63. The lowest BCUT2D eigenvalue weighted by Crippen LogP contribution is -2.21. The fourth-order valence-corrected chi connectivity index (χ4v) is 2.11.